The molecule has 5 rings (SSSR count). The summed E-state index contributed by atoms with van der Waals surface area (Å²) in [6, 6.07) is 21.7. The third-order valence-corrected chi connectivity index (χ3v) is 6.95. The van der Waals surface area contributed by atoms with Crippen LogP contribution in [0.1, 0.15) is 10.4 Å². The Bertz CT molecular complexity index is 1560. The van der Waals surface area contributed by atoms with Crippen LogP contribution in [0.25, 0.3) is 16.5 Å². The number of methoxy groups -OCH3 is 1. The zero-order valence-electron chi connectivity index (χ0n) is 20.9. The van der Waals surface area contributed by atoms with Gasteiger partial charge in [0.15, 0.2) is 0 Å². The maximum Gasteiger partial charge on any atom is 0.263 e. The Morgan fingerprint density at radius 2 is 1.63 bits per heavy atom. The average molecular weight is 531 g/mol. The number of hydrogen-bond acceptors (Lipinski definition) is 5. The largest absolute Gasteiger partial charge is 0.495 e. The highest BCUT2D eigenvalue weighted by Gasteiger charge is 2.23. The molecule has 1 N–H and O–H groups in total. The summed E-state index contributed by atoms with van der Waals surface area (Å²) in [5.41, 5.74) is 1.57. The molecular weight excluding hydrogens is 504 g/mol. The van der Waals surface area contributed by atoms with Gasteiger partial charge in [-0.25, -0.2) is 0 Å². The molecule has 0 saturated carbocycles. The van der Waals surface area contributed by atoms with Gasteiger partial charge in [0.05, 0.1) is 24.9 Å². The molecule has 8 nitrogen and oxygen atoms in total. The molecule has 0 unspecified atom stereocenters. The lowest BCUT2D eigenvalue weighted by Crippen LogP contribution is -2.51. The third-order valence-electron chi connectivity index (χ3n) is 6.72. The normalized spacial score (nSPS) is 13.4. The number of fused-ring (bicyclic) bond motifs is 1. The second-order valence-electron chi connectivity index (χ2n) is 8.97. The molecule has 0 spiro atoms. The van der Waals surface area contributed by atoms with E-state index in [-0.39, 0.29) is 18.0 Å². The SMILES string of the molecule is COc1ccccc1-n1cc(C(=O)NCC(=O)N2CCN(c3cccc(Cl)c3)CC2)c2ccccc2c1=O. The van der Waals surface area contributed by atoms with Crippen molar-refractivity contribution in [2.75, 3.05) is 44.7 Å². The van der Waals surface area contributed by atoms with E-state index in [9.17, 15) is 14.4 Å². The smallest absolute Gasteiger partial charge is 0.263 e. The van der Waals surface area contributed by atoms with E-state index in [0.717, 1.165) is 5.69 Å². The molecule has 0 aliphatic carbocycles. The van der Waals surface area contributed by atoms with Gasteiger partial charge in [0.25, 0.3) is 11.5 Å². The van der Waals surface area contributed by atoms with Gasteiger partial charge in [0, 0.05) is 53.9 Å². The van der Waals surface area contributed by atoms with Gasteiger partial charge in [-0.15, -0.1) is 0 Å². The van der Waals surface area contributed by atoms with E-state index in [1.54, 1.807) is 47.4 Å². The number of carbonyl (C=O) groups is 2. The minimum Gasteiger partial charge on any atom is -0.495 e. The first-order chi connectivity index (χ1) is 18.5. The summed E-state index contributed by atoms with van der Waals surface area (Å²) in [6.07, 6.45) is 1.51. The molecule has 0 bridgehead atoms. The Morgan fingerprint density at radius 3 is 2.37 bits per heavy atom. The maximum atomic E-state index is 13.3. The second kappa shape index (κ2) is 11.0. The van der Waals surface area contributed by atoms with Crippen molar-refractivity contribution in [3.8, 4) is 11.4 Å². The van der Waals surface area contributed by atoms with Crippen LogP contribution in [-0.4, -0.2) is 61.1 Å². The Hall–Kier alpha value is -4.30. The predicted octanol–water partition coefficient (Wildman–Crippen LogP) is 3.73. The number of pyridine rings is 1. The number of nitrogens with one attached hydrogen (secondary N) is 1. The molecule has 2 amide bonds. The van der Waals surface area contributed by atoms with E-state index < -0.39 is 5.91 Å². The van der Waals surface area contributed by atoms with Crippen LogP contribution in [0, 0.1) is 0 Å². The van der Waals surface area contributed by atoms with Gasteiger partial charge in [-0.05, 0) is 36.4 Å². The Labute approximate surface area is 225 Å². The minimum absolute atomic E-state index is 0.141. The number of piperazine rings is 1. The molecular formula is C29H27ClN4O4. The molecule has 1 fully saturated rings. The van der Waals surface area contributed by atoms with E-state index in [0.29, 0.717) is 59.0 Å². The van der Waals surface area contributed by atoms with Crippen LogP contribution in [0.2, 0.25) is 5.02 Å². The highest BCUT2D eigenvalue weighted by molar-refractivity contribution is 6.30. The van der Waals surface area contributed by atoms with Crippen LogP contribution < -0.4 is 20.5 Å². The van der Waals surface area contributed by atoms with Crippen LogP contribution in [0.3, 0.4) is 0 Å². The highest BCUT2D eigenvalue weighted by atomic mass is 35.5. The van der Waals surface area contributed by atoms with Gasteiger partial charge in [0.2, 0.25) is 5.91 Å². The molecule has 38 heavy (non-hydrogen) atoms. The first-order valence-corrected chi connectivity index (χ1v) is 12.7. The molecule has 4 aromatic rings. The Kier molecular flexibility index (Phi) is 7.33. The van der Waals surface area contributed by atoms with Crippen molar-refractivity contribution < 1.29 is 14.3 Å². The zero-order valence-corrected chi connectivity index (χ0v) is 21.6. The summed E-state index contributed by atoms with van der Waals surface area (Å²) < 4.78 is 6.84. The van der Waals surface area contributed by atoms with Crippen LogP contribution >= 0.6 is 11.6 Å². The summed E-state index contributed by atoms with van der Waals surface area (Å²) in [5, 5.41) is 4.35. The zero-order chi connectivity index (χ0) is 26.6. The molecule has 2 heterocycles. The van der Waals surface area contributed by atoms with Gasteiger partial charge in [0.1, 0.15) is 5.75 Å². The number of hydrogen-bond donors (Lipinski definition) is 1. The first-order valence-electron chi connectivity index (χ1n) is 12.3. The standard InChI is InChI=1S/C29H27ClN4O4/c1-38-26-12-5-4-11-25(26)34-19-24(22-9-2-3-10-23(22)29(34)37)28(36)31-18-27(35)33-15-13-32(14-16-33)21-8-6-7-20(30)17-21/h2-12,17,19H,13-16,18H2,1H3,(H,31,36). The number of aromatic nitrogens is 1. The number of benzene rings is 3. The molecule has 1 aliphatic heterocycles. The predicted molar refractivity (Wildman–Crippen MR) is 149 cm³/mol. The highest BCUT2D eigenvalue weighted by Crippen LogP contribution is 2.24. The number of amides is 2. The molecule has 194 valence electrons. The van der Waals surface area contributed by atoms with Gasteiger partial charge in [-0.2, -0.15) is 0 Å². The molecule has 1 aromatic heterocycles. The quantitative estimate of drug-likeness (QED) is 0.411. The van der Waals surface area contributed by atoms with Crippen molar-refractivity contribution >= 4 is 39.9 Å². The molecule has 0 radical (unpaired) electrons. The van der Waals surface area contributed by atoms with E-state index in [1.807, 2.05) is 30.3 Å². The maximum absolute atomic E-state index is 13.3. The third kappa shape index (κ3) is 5.08. The van der Waals surface area contributed by atoms with Crippen molar-refractivity contribution in [1.82, 2.24) is 14.8 Å². The summed E-state index contributed by atoms with van der Waals surface area (Å²) in [6.45, 7) is 2.30. The van der Waals surface area contributed by atoms with Crippen molar-refractivity contribution in [3.05, 3.63) is 99.9 Å². The van der Waals surface area contributed by atoms with Crippen LogP contribution in [0.5, 0.6) is 5.75 Å². The summed E-state index contributed by atoms with van der Waals surface area (Å²) in [5.74, 6) is -0.0921. The van der Waals surface area contributed by atoms with E-state index in [4.69, 9.17) is 16.3 Å². The van der Waals surface area contributed by atoms with Crippen molar-refractivity contribution in [3.63, 3.8) is 0 Å². The van der Waals surface area contributed by atoms with Crippen molar-refractivity contribution in [1.29, 1.82) is 0 Å². The van der Waals surface area contributed by atoms with E-state index in [2.05, 4.69) is 10.2 Å². The summed E-state index contributed by atoms with van der Waals surface area (Å²) in [7, 11) is 1.53. The topological polar surface area (TPSA) is 83.9 Å². The number of nitrogens with zero attached hydrogens (tertiary/aromatic N) is 3. The summed E-state index contributed by atoms with van der Waals surface area (Å²) >= 11 is 6.11. The Balaban J connectivity index is 1.32. The minimum atomic E-state index is -0.434. The fraction of sp³-hybridized carbons (Fsp3) is 0.207. The van der Waals surface area contributed by atoms with Crippen LogP contribution in [0.15, 0.2) is 83.8 Å². The van der Waals surface area contributed by atoms with Crippen LogP contribution in [-0.2, 0) is 4.79 Å². The van der Waals surface area contributed by atoms with Crippen molar-refractivity contribution in [2.45, 2.75) is 0 Å². The van der Waals surface area contributed by atoms with E-state index in [1.165, 1.54) is 17.9 Å². The van der Waals surface area contributed by atoms with Gasteiger partial charge in [-0.3, -0.25) is 19.0 Å². The van der Waals surface area contributed by atoms with E-state index >= 15 is 0 Å². The van der Waals surface area contributed by atoms with Crippen molar-refractivity contribution in [2.24, 2.45) is 0 Å². The lowest BCUT2D eigenvalue weighted by atomic mass is 10.1. The molecule has 0 atom stereocenters. The fourth-order valence-electron chi connectivity index (χ4n) is 4.73. The number of rotatable bonds is 6. The lowest BCUT2D eigenvalue weighted by Gasteiger charge is -2.36. The average Bonchev–Trinajstić information content (AvgIpc) is 2.96. The molecule has 1 aliphatic rings. The van der Waals surface area contributed by atoms with Gasteiger partial charge < -0.3 is 19.9 Å². The second-order valence-corrected chi connectivity index (χ2v) is 9.40. The number of halogens is 1. The lowest BCUT2D eigenvalue weighted by molar-refractivity contribution is -0.130. The molecule has 9 heteroatoms. The number of para-hydroxylation sites is 2. The molecule has 3 aromatic carbocycles. The Morgan fingerprint density at radius 1 is 0.921 bits per heavy atom. The number of anilines is 1. The fourth-order valence-corrected chi connectivity index (χ4v) is 4.91. The van der Waals surface area contributed by atoms with Gasteiger partial charge >= 0.3 is 0 Å². The van der Waals surface area contributed by atoms with Gasteiger partial charge in [-0.1, -0.05) is 48.0 Å². The number of ether oxygens (including phenoxy) is 1. The van der Waals surface area contributed by atoms with Crippen LogP contribution in [0.4, 0.5) is 5.69 Å². The first kappa shape index (κ1) is 25.4. The molecule has 1 saturated heterocycles. The monoisotopic (exact) mass is 530 g/mol. The number of carbonyl (C=O) groups excluding carboxylic acids is 2. The summed E-state index contributed by atoms with van der Waals surface area (Å²) in [4.78, 5) is 43.5.